The summed E-state index contributed by atoms with van der Waals surface area (Å²) in [4.78, 5) is 18.8. The number of anilines is 3. The van der Waals surface area contributed by atoms with E-state index in [0.717, 1.165) is 64.8 Å². The highest BCUT2D eigenvalue weighted by atomic mass is 19.1. The van der Waals surface area contributed by atoms with Crippen LogP contribution >= 0.6 is 0 Å². The Labute approximate surface area is 245 Å². The first-order valence-electron chi connectivity index (χ1n) is 14.9. The smallest absolute Gasteiger partial charge is 0.208 e. The highest BCUT2D eigenvalue weighted by molar-refractivity contribution is 6.00. The van der Waals surface area contributed by atoms with Gasteiger partial charge in [-0.1, -0.05) is 12.1 Å². The predicted octanol–water partition coefficient (Wildman–Crippen LogP) is 5.49. The van der Waals surface area contributed by atoms with Crippen molar-refractivity contribution in [1.29, 1.82) is 0 Å². The quantitative estimate of drug-likeness (QED) is 0.290. The number of nitrogen functional groups attached to an aromatic ring is 1. The Morgan fingerprint density at radius 3 is 2.38 bits per heavy atom. The number of hydrogen-bond donors (Lipinski definition) is 2. The van der Waals surface area contributed by atoms with Crippen LogP contribution in [0, 0.1) is 12.7 Å². The molecule has 0 bridgehead atoms. The lowest BCUT2D eigenvalue weighted by atomic mass is 9.89. The zero-order valence-electron chi connectivity index (χ0n) is 24.5. The summed E-state index contributed by atoms with van der Waals surface area (Å²) < 4.78 is 18.4. The van der Waals surface area contributed by atoms with Crippen molar-refractivity contribution in [3.8, 4) is 11.1 Å². The standard InChI is InChI=1S/C32H38FN9/c1-20-16-27-28(17-26(20)33)40(3)32(38-27)37-22-6-4-21(5-7-22)25-18-42(31-29(25)30(34)35-19-36-31)24-10-8-23(9-11-24)41-14-12-39(2)13-15-41/h4-7,16-19,23-24H,8-15H2,1-3H3,(H,37,38)(H2,34,35,36). The van der Waals surface area contributed by atoms with Crippen LogP contribution in [-0.4, -0.2) is 73.2 Å². The van der Waals surface area contributed by atoms with Gasteiger partial charge in [0.25, 0.3) is 0 Å². The maximum Gasteiger partial charge on any atom is 0.208 e. The first-order valence-corrected chi connectivity index (χ1v) is 14.9. The Hall–Kier alpha value is -4.02. The Balaban J connectivity index is 1.13. The molecular weight excluding hydrogens is 529 g/mol. The molecule has 2 aromatic carbocycles. The Bertz CT molecular complexity index is 1740. The SMILES string of the molecule is Cc1cc2nc(Nc3ccc(-c4cn(C5CCC(N6CCN(C)CC6)CC5)c5ncnc(N)c45)cc3)n(C)c2cc1F. The number of imidazole rings is 1. The van der Waals surface area contributed by atoms with E-state index in [-0.39, 0.29) is 5.82 Å². The van der Waals surface area contributed by atoms with Crippen molar-refractivity contribution >= 4 is 39.5 Å². The van der Waals surface area contributed by atoms with Crippen molar-refractivity contribution in [2.24, 2.45) is 7.05 Å². The lowest BCUT2D eigenvalue weighted by Gasteiger charge is -2.41. The van der Waals surface area contributed by atoms with Crippen molar-refractivity contribution in [3.05, 3.63) is 60.3 Å². The molecule has 1 aliphatic carbocycles. The lowest BCUT2D eigenvalue weighted by molar-refractivity contribution is 0.0828. The molecule has 4 heterocycles. The molecule has 3 N–H and O–H groups in total. The minimum atomic E-state index is -0.230. The van der Waals surface area contributed by atoms with Crippen molar-refractivity contribution in [3.63, 3.8) is 0 Å². The van der Waals surface area contributed by atoms with Crippen LogP contribution < -0.4 is 11.1 Å². The second-order valence-electron chi connectivity index (χ2n) is 12.0. The Kier molecular flexibility index (Phi) is 6.82. The highest BCUT2D eigenvalue weighted by Gasteiger charge is 2.30. The number of likely N-dealkylation sites (N-methyl/N-ethyl adjacent to an activating group) is 1. The van der Waals surface area contributed by atoms with Crippen molar-refractivity contribution in [2.45, 2.75) is 44.7 Å². The van der Waals surface area contributed by atoms with Crippen molar-refractivity contribution < 1.29 is 4.39 Å². The zero-order valence-corrected chi connectivity index (χ0v) is 24.5. The molecule has 42 heavy (non-hydrogen) atoms. The van der Waals surface area contributed by atoms with Gasteiger partial charge in [0.15, 0.2) is 0 Å². The summed E-state index contributed by atoms with van der Waals surface area (Å²) in [5, 5.41) is 4.30. The summed E-state index contributed by atoms with van der Waals surface area (Å²) in [5.41, 5.74) is 12.4. The minimum absolute atomic E-state index is 0.230. The molecule has 2 fully saturated rings. The monoisotopic (exact) mass is 567 g/mol. The largest absolute Gasteiger partial charge is 0.383 e. The van der Waals surface area contributed by atoms with Crippen LogP contribution in [0.3, 0.4) is 0 Å². The molecule has 1 saturated heterocycles. The van der Waals surface area contributed by atoms with E-state index in [1.54, 1.807) is 19.3 Å². The number of nitrogens with zero attached hydrogens (tertiary/aromatic N) is 7. The van der Waals surface area contributed by atoms with E-state index in [1.807, 2.05) is 23.7 Å². The van der Waals surface area contributed by atoms with Crippen LogP contribution in [-0.2, 0) is 7.05 Å². The molecule has 1 saturated carbocycles. The molecule has 0 radical (unpaired) electrons. The van der Waals surface area contributed by atoms with Gasteiger partial charge in [-0.2, -0.15) is 0 Å². The maximum absolute atomic E-state index is 14.2. The van der Waals surface area contributed by atoms with E-state index in [4.69, 9.17) is 10.7 Å². The molecule has 0 atom stereocenters. The van der Waals surface area contributed by atoms with E-state index >= 15 is 0 Å². The van der Waals surface area contributed by atoms with E-state index in [1.165, 1.54) is 32.0 Å². The summed E-state index contributed by atoms with van der Waals surface area (Å²) in [6.07, 6.45) is 8.48. The predicted molar refractivity (Wildman–Crippen MR) is 166 cm³/mol. The minimum Gasteiger partial charge on any atom is -0.383 e. The van der Waals surface area contributed by atoms with Gasteiger partial charge in [-0.3, -0.25) is 4.90 Å². The first-order chi connectivity index (χ1) is 20.4. The zero-order chi connectivity index (χ0) is 29.0. The Morgan fingerprint density at radius 1 is 0.929 bits per heavy atom. The number of nitrogens with two attached hydrogens (primary N) is 1. The van der Waals surface area contributed by atoms with Gasteiger partial charge in [0, 0.05) is 68.8 Å². The fourth-order valence-electron chi connectivity index (χ4n) is 6.79. The fourth-order valence-corrected chi connectivity index (χ4v) is 6.79. The number of piperazine rings is 1. The average Bonchev–Trinajstić information content (AvgIpc) is 3.53. The molecule has 10 heteroatoms. The summed E-state index contributed by atoms with van der Waals surface area (Å²) in [6.45, 7) is 6.42. The van der Waals surface area contributed by atoms with Crippen LogP contribution in [0.5, 0.6) is 0 Å². The van der Waals surface area contributed by atoms with Crippen LogP contribution in [0.4, 0.5) is 21.8 Å². The normalized spacial score (nSPS) is 20.5. The topological polar surface area (TPSA) is 93.1 Å². The van der Waals surface area contributed by atoms with Crippen LogP contribution in [0.15, 0.2) is 48.9 Å². The molecule has 0 amide bonds. The fraction of sp³-hybridized carbons (Fsp3) is 0.406. The van der Waals surface area contributed by atoms with Crippen LogP contribution in [0.1, 0.15) is 37.3 Å². The summed E-state index contributed by atoms with van der Waals surface area (Å²) in [7, 11) is 4.10. The molecule has 5 aromatic rings. The van der Waals surface area contributed by atoms with Gasteiger partial charge >= 0.3 is 0 Å². The summed E-state index contributed by atoms with van der Waals surface area (Å²) in [5.74, 6) is 0.931. The highest BCUT2D eigenvalue weighted by Crippen LogP contribution is 2.39. The molecule has 218 valence electrons. The first kappa shape index (κ1) is 26.9. The van der Waals surface area contributed by atoms with Gasteiger partial charge < -0.3 is 25.1 Å². The van der Waals surface area contributed by atoms with Crippen LogP contribution in [0.2, 0.25) is 0 Å². The average molecular weight is 568 g/mol. The van der Waals surface area contributed by atoms with Gasteiger partial charge in [0.2, 0.25) is 5.95 Å². The molecule has 3 aromatic heterocycles. The molecule has 0 spiro atoms. The van der Waals surface area contributed by atoms with Gasteiger partial charge in [-0.15, -0.1) is 0 Å². The number of benzene rings is 2. The summed E-state index contributed by atoms with van der Waals surface area (Å²) in [6, 6.07) is 12.6. The molecule has 2 aliphatic rings. The third kappa shape index (κ3) is 4.78. The molecule has 1 aliphatic heterocycles. The number of fused-ring (bicyclic) bond motifs is 2. The third-order valence-electron chi connectivity index (χ3n) is 9.37. The van der Waals surface area contributed by atoms with Gasteiger partial charge in [-0.25, -0.2) is 19.3 Å². The van der Waals surface area contributed by atoms with Gasteiger partial charge in [0.05, 0.1) is 16.4 Å². The molecular formula is C32H38FN9. The lowest BCUT2D eigenvalue weighted by Crippen LogP contribution is -2.49. The van der Waals surface area contributed by atoms with Gasteiger partial charge in [0.1, 0.15) is 23.6 Å². The number of halogens is 1. The number of nitrogens with one attached hydrogen (secondary N) is 1. The van der Waals surface area contributed by atoms with E-state index in [0.29, 0.717) is 29.4 Å². The maximum atomic E-state index is 14.2. The number of aryl methyl sites for hydroxylation is 2. The van der Waals surface area contributed by atoms with E-state index < -0.39 is 0 Å². The number of rotatable bonds is 5. The van der Waals surface area contributed by atoms with Crippen LogP contribution in [0.25, 0.3) is 33.2 Å². The van der Waals surface area contributed by atoms with E-state index in [2.05, 4.69) is 55.0 Å². The second-order valence-corrected chi connectivity index (χ2v) is 12.0. The number of aromatic nitrogens is 5. The van der Waals surface area contributed by atoms with Gasteiger partial charge in [-0.05, 0) is 69.0 Å². The number of hydrogen-bond acceptors (Lipinski definition) is 7. The Morgan fingerprint density at radius 2 is 1.64 bits per heavy atom. The van der Waals surface area contributed by atoms with E-state index in [9.17, 15) is 4.39 Å². The molecule has 9 nitrogen and oxygen atoms in total. The van der Waals surface area contributed by atoms with Crippen molar-refractivity contribution in [2.75, 3.05) is 44.3 Å². The third-order valence-corrected chi connectivity index (χ3v) is 9.37. The molecule has 0 unspecified atom stereocenters. The second kappa shape index (κ2) is 10.7. The van der Waals surface area contributed by atoms with Crippen molar-refractivity contribution in [1.82, 2.24) is 33.9 Å². The summed E-state index contributed by atoms with van der Waals surface area (Å²) >= 11 is 0. The molecule has 7 rings (SSSR count).